The smallest absolute Gasteiger partial charge is 0.323 e. The van der Waals surface area contributed by atoms with E-state index < -0.39 is 0 Å². The number of nitrogens with one attached hydrogen (secondary N) is 1. The standard InChI is InChI=1S/C18H17BrN2O3S/c19-13-3-1-2-4-14(13)20-18(22)21-7-10-25-17(21)12-5-6-15-16(11-12)24-9-8-23-15/h1-6,11,17H,7-10H2,(H,20,22)/t17-/m1/s1. The van der Waals surface area contributed by atoms with Crippen molar-refractivity contribution in [3.8, 4) is 11.5 Å². The largest absolute Gasteiger partial charge is 0.486 e. The van der Waals surface area contributed by atoms with Crippen LogP contribution in [-0.4, -0.2) is 36.4 Å². The Balaban J connectivity index is 1.54. The number of carbonyl (C=O) groups excluding carboxylic acids is 1. The van der Waals surface area contributed by atoms with Gasteiger partial charge in [-0.3, -0.25) is 0 Å². The normalized spacial score (nSPS) is 18.9. The van der Waals surface area contributed by atoms with Crippen molar-refractivity contribution in [2.75, 3.05) is 30.8 Å². The van der Waals surface area contributed by atoms with Crippen molar-refractivity contribution in [1.82, 2.24) is 4.90 Å². The Morgan fingerprint density at radius 2 is 1.96 bits per heavy atom. The summed E-state index contributed by atoms with van der Waals surface area (Å²) in [6.07, 6.45) is 0. The Labute approximate surface area is 158 Å². The molecule has 0 aliphatic carbocycles. The van der Waals surface area contributed by atoms with Crippen molar-refractivity contribution in [2.24, 2.45) is 0 Å². The zero-order valence-corrected chi connectivity index (χ0v) is 15.8. The lowest BCUT2D eigenvalue weighted by molar-refractivity contribution is 0.171. The topological polar surface area (TPSA) is 50.8 Å². The summed E-state index contributed by atoms with van der Waals surface area (Å²) in [5.41, 5.74) is 1.82. The van der Waals surface area contributed by atoms with Crippen LogP contribution < -0.4 is 14.8 Å². The number of fused-ring (bicyclic) bond motifs is 1. The number of anilines is 1. The summed E-state index contributed by atoms with van der Waals surface area (Å²) in [6, 6.07) is 13.4. The molecule has 0 bridgehead atoms. The van der Waals surface area contributed by atoms with Crippen LogP contribution in [0.1, 0.15) is 10.9 Å². The van der Waals surface area contributed by atoms with Gasteiger partial charge in [0.05, 0.1) is 5.69 Å². The van der Waals surface area contributed by atoms with Gasteiger partial charge < -0.3 is 19.7 Å². The average Bonchev–Trinajstić information content (AvgIpc) is 3.13. The first-order chi connectivity index (χ1) is 12.2. The predicted molar refractivity (Wildman–Crippen MR) is 102 cm³/mol. The first-order valence-corrected chi connectivity index (χ1v) is 9.90. The molecule has 2 aliphatic rings. The summed E-state index contributed by atoms with van der Waals surface area (Å²) in [4.78, 5) is 14.6. The maximum Gasteiger partial charge on any atom is 0.323 e. The molecule has 2 aromatic rings. The third kappa shape index (κ3) is 3.43. The number of amides is 2. The number of nitrogens with zero attached hydrogens (tertiary/aromatic N) is 1. The van der Waals surface area contributed by atoms with Crippen molar-refractivity contribution < 1.29 is 14.3 Å². The number of hydrogen-bond acceptors (Lipinski definition) is 4. The summed E-state index contributed by atoms with van der Waals surface area (Å²) in [5, 5.41) is 2.96. The molecule has 0 unspecified atom stereocenters. The highest BCUT2D eigenvalue weighted by molar-refractivity contribution is 9.10. The van der Waals surface area contributed by atoms with Gasteiger partial charge in [-0.05, 0) is 45.8 Å². The van der Waals surface area contributed by atoms with E-state index >= 15 is 0 Å². The Morgan fingerprint density at radius 3 is 2.80 bits per heavy atom. The van der Waals surface area contributed by atoms with Gasteiger partial charge in [0, 0.05) is 16.8 Å². The SMILES string of the molecule is O=C(Nc1ccccc1Br)N1CCS[C@@H]1c1ccc2c(c1)OCCO2. The maximum absolute atomic E-state index is 12.8. The summed E-state index contributed by atoms with van der Waals surface area (Å²) < 4.78 is 12.1. The van der Waals surface area contributed by atoms with Crippen LogP contribution in [0.25, 0.3) is 0 Å². The summed E-state index contributed by atoms with van der Waals surface area (Å²) in [7, 11) is 0. The number of benzene rings is 2. The summed E-state index contributed by atoms with van der Waals surface area (Å²) >= 11 is 5.22. The van der Waals surface area contributed by atoms with Crippen LogP contribution in [0.5, 0.6) is 11.5 Å². The van der Waals surface area contributed by atoms with Crippen molar-refractivity contribution in [3.63, 3.8) is 0 Å². The van der Waals surface area contributed by atoms with Crippen LogP contribution in [-0.2, 0) is 0 Å². The molecule has 1 fully saturated rings. The summed E-state index contributed by atoms with van der Waals surface area (Å²) in [6.45, 7) is 1.84. The lowest BCUT2D eigenvalue weighted by atomic mass is 10.1. The molecule has 2 aromatic carbocycles. The highest BCUT2D eigenvalue weighted by atomic mass is 79.9. The van der Waals surface area contributed by atoms with E-state index in [9.17, 15) is 4.79 Å². The fourth-order valence-corrected chi connectivity index (χ4v) is 4.55. The third-order valence-electron chi connectivity index (χ3n) is 4.12. The quantitative estimate of drug-likeness (QED) is 0.776. The van der Waals surface area contributed by atoms with Crippen molar-refractivity contribution in [1.29, 1.82) is 0 Å². The number of ether oxygens (including phenoxy) is 2. The number of halogens is 1. The van der Waals surface area contributed by atoms with E-state index in [1.54, 1.807) is 11.8 Å². The van der Waals surface area contributed by atoms with Gasteiger partial charge in [-0.25, -0.2) is 4.79 Å². The van der Waals surface area contributed by atoms with E-state index in [-0.39, 0.29) is 11.4 Å². The fraction of sp³-hybridized carbons (Fsp3) is 0.278. The van der Waals surface area contributed by atoms with Crippen LogP contribution in [0.15, 0.2) is 46.9 Å². The van der Waals surface area contributed by atoms with Crippen LogP contribution in [0.2, 0.25) is 0 Å². The van der Waals surface area contributed by atoms with Gasteiger partial charge in [0.1, 0.15) is 18.6 Å². The number of urea groups is 1. The number of thioether (sulfide) groups is 1. The first-order valence-electron chi connectivity index (χ1n) is 8.06. The van der Waals surface area contributed by atoms with E-state index in [1.165, 1.54) is 0 Å². The minimum atomic E-state index is -0.100. The Hall–Kier alpha value is -1.86. The average molecular weight is 421 g/mol. The Bertz CT molecular complexity index is 802. The zero-order chi connectivity index (χ0) is 17.2. The van der Waals surface area contributed by atoms with E-state index in [4.69, 9.17) is 9.47 Å². The van der Waals surface area contributed by atoms with Gasteiger partial charge in [0.2, 0.25) is 0 Å². The zero-order valence-electron chi connectivity index (χ0n) is 13.4. The molecular formula is C18H17BrN2O3S. The molecule has 0 saturated carbocycles. The number of para-hydroxylation sites is 1. The molecule has 0 aromatic heterocycles. The van der Waals surface area contributed by atoms with Crippen molar-refractivity contribution in [3.05, 3.63) is 52.5 Å². The van der Waals surface area contributed by atoms with Crippen LogP contribution in [0.4, 0.5) is 10.5 Å². The molecule has 1 atom stereocenters. The number of rotatable bonds is 2. The van der Waals surface area contributed by atoms with Crippen molar-refractivity contribution >= 4 is 39.4 Å². The predicted octanol–water partition coefficient (Wildman–Crippen LogP) is 4.50. The highest BCUT2D eigenvalue weighted by Crippen LogP contribution is 2.42. The third-order valence-corrected chi connectivity index (χ3v) is 6.07. The molecule has 1 N–H and O–H groups in total. The van der Waals surface area contributed by atoms with Gasteiger partial charge in [-0.2, -0.15) is 0 Å². The second-order valence-corrected chi connectivity index (χ2v) is 7.77. The van der Waals surface area contributed by atoms with E-state index in [1.807, 2.05) is 47.4 Å². The lowest BCUT2D eigenvalue weighted by Gasteiger charge is -2.26. The Kier molecular flexibility index (Phi) is 4.76. The molecule has 130 valence electrons. The molecule has 2 heterocycles. The molecule has 5 nitrogen and oxygen atoms in total. The summed E-state index contributed by atoms with van der Waals surface area (Å²) in [5.74, 6) is 2.42. The number of carbonyl (C=O) groups is 1. The van der Waals surface area contributed by atoms with E-state index in [0.29, 0.717) is 19.8 Å². The van der Waals surface area contributed by atoms with Gasteiger partial charge in [0.15, 0.2) is 11.5 Å². The molecule has 4 rings (SSSR count). The fourth-order valence-electron chi connectivity index (χ4n) is 2.92. The molecule has 7 heteroatoms. The van der Waals surface area contributed by atoms with Crippen LogP contribution >= 0.6 is 27.7 Å². The second kappa shape index (κ2) is 7.17. The lowest BCUT2D eigenvalue weighted by Crippen LogP contribution is -2.34. The minimum absolute atomic E-state index is 0.0293. The van der Waals surface area contributed by atoms with Gasteiger partial charge in [0.25, 0.3) is 0 Å². The second-order valence-electron chi connectivity index (χ2n) is 5.73. The highest BCUT2D eigenvalue weighted by Gasteiger charge is 2.31. The van der Waals surface area contributed by atoms with E-state index in [2.05, 4.69) is 21.2 Å². The molecule has 25 heavy (non-hydrogen) atoms. The Morgan fingerprint density at radius 1 is 1.16 bits per heavy atom. The van der Waals surface area contributed by atoms with Gasteiger partial charge >= 0.3 is 6.03 Å². The molecule has 0 spiro atoms. The maximum atomic E-state index is 12.8. The molecule has 2 aliphatic heterocycles. The first kappa shape index (κ1) is 16.6. The molecule has 2 amide bonds. The molecular weight excluding hydrogens is 404 g/mol. The molecule has 1 saturated heterocycles. The van der Waals surface area contributed by atoms with Gasteiger partial charge in [-0.15, -0.1) is 11.8 Å². The van der Waals surface area contributed by atoms with Crippen LogP contribution in [0, 0.1) is 0 Å². The molecule has 0 radical (unpaired) electrons. The van der Waals surface area contributed by atoms with Crippen LogP contribution in [0.3, 0.4) is 0 Å². The number of hydrogen-bond donors (Lipinski definition) is 1. The minimum Gasteiger partial charge on any atom is -0.486 e. The van der Waals surface area contributed by atoms with Gasteiger partial charge in [-0.1, -0.05) is 18.2 Å². The van der Waals surface area contributed by atoms with E-state index in [0.717, 1.165) is 33.0 Å². The van der Waals surface area contributed by atoms with Crippen molar-refractivity contribution in [2.45, 2.75) is 5.37 Å². The monoisotopic (exact) mass is 420 g/mol.